The highest BCUT2D eigenvalue weighted by Crippen LogP contribution is 2.35. The lowest BCUT2D eigenvalue weighted by Gasteiger charge is -2.02. The first-order chi connectivity index (χ1) is 11.9. The number of fused-ring (bicyclic) bond motifs is 3. The number of rotatable bonds is 1. The predicted molar refractivity (Wildman–Crippen MR) is 87.3 cm³/mol. The molecule has 2 heterocycles. The lowest BCUT2D eigenvalue weighted by Crippen LogP contribution is -1.83. The summed E-state index contributed by atoms with van der Waals surface area (Å²) in [4.78, 5) is 4.18. The fourth-order valence-electron chi connectivity index (χ4n) is 2.34. The zero-order chi connectivity index (χ0) is 17.8. The van der Waals surface area contributed by atoms with Gasteiger partial charge < -0.3 is 0 Å². The first-order valence-corrected chi connectivity index (χ1v) is 7.06. The van der Waals surface area contributed by atoms with Gasteiger partial charge >= 0.3 is 0 Å². The second-order valence-electron chi connectivity index (χ2n) is 4.58. The molecule has 4 rings (SSSR count). The molecule has 0 aliphatic rings. The van der Waals surface area contributed by atoms with Gasteiger partial charge in [-0.15, -0.1) is 11.3 Å². The van der Waals surface area contributed by atoms with Crippen molar-refractivity contribution in [1.82, 2.24) is 4.98 Å². The lowest BCUT2D eigenvalue weighted by molar-refractivity contribution is 1.27. The van der Waals surface area contributed by atoms with Crippen LogP contribution in [0.25, 0.3) is 31.4 Å². The van der Waals surface area contributed by atoms with E-state index in [0.717, 1.165) is 15.5 Å². The smallest absolute Gasteiger partial charge is 0.0702 e. The fraction of sp³-hybridized carbons (Fsp3) is 0.0556. The van der Waals surface area contributed by atoms with E-state index >= 15 is 0 Å². The normalized spacial score (nSPS) is 15.5. The number of aromatic nitrogens is 1. The Labute approximate surface area is 128 Å². The third-order valence-electron chi connectivity index (χ3n) is 3.29. The van der Waals surface area contributed by atoms with E-state index in [1.54, 1.807) is 11.3 Å². The Morgan fingerprint density at radius 1 is 1.05 bits per heavy atom. The van der Waals surface area contributed by atoms with E-state index in [4.69, 9.17) is 6.85 Å². The maximum atomic E-state index is 8.19. The zero-order valence-corrected chi connectivity index (χ0v) is 11.3. The Hall–Kier alpha value is -2.19. The van der Waals surface area contributed by atoms with Gasteiger partial charge in [0.05, 0.1) is 8.44 Å². The molecule has 0 fully saturated rings. The van der Waals surface area contributed by atoms with Gasteiger partial charge in [-0.3, -0.25) is 4.98 Å². The van der Waals surface area contributed by atoms with Crippen LogP contribution in [0.15, 0.2) is 60.7 Å². The van der Waals surface area contributed by atoms with Crippen molar-refractivity contribution in [2.45, 2.75) is 6.85 Å². The maximum Gasteiger partial charge on any atom is 0.0702 e. The number of pyridine rings is 1. The van der Waals surface area contributed by atoms with Crippen LogP contribution in [0.3, 0.4) is 0 Å². The van der Waals surface area contributed by atoms with Crippen molar-refractivity contribution < 1.29 is 6.85 Å². The second-order valence-corrected chi connectivity index (χ2v) is 5.66. The molecular formula is C18H13NS. The molecule has 2 heteroatoms. The molecule has 2 aromatic carbocycles. The number of hydrogen-bond acceptors (Lipinski definition) is 2. The molecule has 4 aromatic rings. The van der Waals surface area contributed by atoms with E-state index < -0.39 is 6.85 Å². The zero-order valence-electron chi connectivity index (χ0n) is 15.5. The number of hydrogen-bond donors (Lipinski definition) is 0. The van der Waals surface area contributed by atoms with E-state index in [0.29, 0.717) is 11.3 Å². The van der Waals surface area contributed by atoms with Crippen LogP contribution in [0.4, 0.5) is 0 Å². The van der Waals surface area contributed by atoms with E-state index in [-0.39, 0.29) is 17.6 Å². The van der Waals surface area contributed by atoms with E-state index in [9.17, 15) is 0 Å². The standard InChI is InChI=1S/C18H13NS/c1-12-6-8-16(19-11-12)13-7-9-18-15(10-13)14-4-2-3-5-17(14)20-18/h2-11H,1H3/i1D3,6D,8D. The Bertz CT molecular complexity index is 1110. The van der Waals surface area contributed by atoms with Gasteiger partial charge in [0.1, 0.15) is 0 Å². The Kier molecular flexibility index (Phi) is 1.67. The average Bonchev–Trinajstić information content (AvgIpc) is 2.94. The largest absolute Gasteiger partial charge is 0.256 e. The van der Waals surface area contributed by atoms with Crippen molar-refractivity contribution in [2.75, 3.05) is 0 Å². The summed E-state index contributed by atoms with van der Waals surface area (Å²) in [7, 11) is 0. The molecule has 0 aliphatic carbocycles. The second kappa shape index (κ2) is 4.43. The summed E-state index contributed by atoms with van der Waals surface area (Å²) in [5.41, 5.74) is 0.852. The third kappa shape index (κ3) is 1.81. The minimum absolute atomic E-state index is 0.160. The van der Waals surface area contributed by atoms with Crippen molar-refractivity contribution in [1.29, 1.82) is 0 Å². The van der Waals surface area contributed by atoms with Gasteiger partial charge in [0.25, 0.3) is 0 Å². The summed E-state index contributed by atoms with van der Waals surface area (Å²) in [5, 5.41) is 2.21. The van der Waals surface area contributed by atoms with Crippen LogP contribution in [0.5, 0.6) is 0 Å². The van der Waals surface area contributed by atoms with Crippen molar-refractivity contribution >= 4 is 31.5 Å². The van der Waals surface area contributed by atoms with Gasteiger partial charge in [0.2, 0.25) is 0 Å². The minimum atomic E-state index is -2.44. The van der Waals surface area contributed by atoms with Crippen LogP contribution in [0.2, 0.25) is 0 Å². The average molecular weight is 280 g/mol. The molecule has 1 nitrogen and oxygen atoms in total. The molecule has 0 N–H and O–H groups in total. The SMILES string of the molecule is [2H]c1c(C([2H])([2H])[2H])cnc(-c2ccc3sc4ccccc4c3c2)c1[2H]. The van der Waals surface area contributed by atoms with Crippen LogP contribution in [0, 0.1) is 6.85 Å². The summed E-state index contributed by atoms with van der Waals surface area (Å²) in [5.74, 6) is 0. The highest BCUT2D eigenvalue weighted by molar-refractivity contribution is 7.25. The molecular weight excluding hydrogens is 262 g/mol. The predicted octanol–water partition coefficient (Wildman–Crippen LogP) is 5.42. The van der Waals surface area contributed by atoms with Crippen LogP contribution in [-0.4, -0.2) is 4.98 Å². The molecule has 0 radical (unpaired) electrons. The quantitative estimate of drug-likeness (QED) is 0.453. The molecule has 0 bridgehead atoms. The molecule has 0 amide bonds. The molecule has 0 spiro atoms. The highest BCUT2D eigenvalue weighted by atomic mass is 32.1. The molecule has 0 aliphatic heterocycles. The van der Waals surface area contributed by atoms with E-state index in [2.05, 4.69) is 17.1 Å². The summed E-state index contributed by atoms with van der Waals surface area (Å²) in [6.45, 7) is -2.44. The van der Waals surface area contributed by atoms with Crippen LogP contribution < -0.4 is 0 Å². The van der Waals surface area contributed by atoms with E-state index in [1.165, 1.54) is 10.9 Å². The topological polar surface area (TPSA) is 12.9 Å². The maximum absolute atomic E-state index is 8.19. The van der Waals surface area contributed by atoms with Gasteiger partial charge in [-0.1, -0.05) is 30.3 Å². The summed E-state index contributed by atoms with van der Waals surface area (Å²) >= 11 is 1.70. The minimum Gasteiger partial charge on any atom is -0.256 e. The van der Waals surface area contributed by atoms with Crippen LogP contribution >= 0.6 is 11.3 Å². The summed E-state index contributed by atoms with van der Waals surface area (Å²) < 4.78 is 40.9. The van der Waals surface area contributed by atoms with Crippen LogP contribution in [-0.2, 0) is 0 Å². The summed E-state index contributed by atoms with van der Waals surface area (Å²) in [6, 6.07) is 13.5. The van der Waals surface area contributed by atoms with Gasteiger partial charge in [-0.25, -0.2) is 0 Å². The number of benzene rings is 2. The Balaban J connectivity index is 1.93. The van der Waals surface area contributed by atoms with Crippen molar-refractivity contribution in [3.8, 4) is 11.3 Å². The van der Waals surface area contributed by atoms with Crippen molar-refractivity contribution in [3.05, 3.63) is 66.3 Å². The van der Waals surface area contributed by atoms with Gasteiger partial charge in [-0.05, 0) is 36.7 Å². The molecule has 0 saturated carbocycles. The first-order valence-electron chi connectivity index (χ1n) is 8.74. The fourth-order valence-corrected chi connectivity index (χ4v) is 3.43. The molecule has 2 aromatic heterocycles. The summed E-state index contributed by atoms with van der Waals surface area (Å²) in [6.07, 6.45) is 1.19. The highest BCUT2D eigenvalue weighted by Gasteiger charge is 2.06. The Morgan fingerprint density at radius 2 is 1.95 bits per heavy atom. The molecule has 96 valence electrons. The van der Waals surface area contributed by atoms with Crippen molar-refractivity contribution in [3.63, 3.8) is 0 Å². The van der Waals surface area contributed by atoms with Crippen molar-refractivity contribution in [2.24, 2.45) is 0 Å². The monoisotopic (exact) mass is 280 g/mol. The number of nitrogens with zero attached hydrogens (tertiary/aromatic N) is 1. The molecule has 0 unspecified atom stereocenters. The third-order valence-corrected chi connectivity index (χ3v) is 4.44. The number of thiophene rings is 1. The first kappa shape index (κ1) is 7.55. The molecule has 20 heavy (non-hydrogen) atoms. The molecule has 0 atom stereocenters. The van der Waals surface area contributed by atoms with Gasteiger partial charge in [0.15, 0.2) is 0 Å². The Morgan fingerprint density at radius 3 is 2.90 bits per heavy atom. The van der Waals surface area contributed by atoms with Gasteiger partial charge in [0, 0.05) is 36.0 Å². The molecule has 0 saturated heterocycles. The van der Waals surface area contributed by atoms with E-state index in [1.807, 2.05) is 30.3 Å². The van der Waals surface area contributed by atoms with Gasteiger partial charge in [-0.2, -0.15) is 0 Å². The van der Waals surface area contributed by atoms with Crippen LogP contribution in [0.1, 0.15) is 12.4 Å². The number of aryl methyl sites for hydroxylation is 1. The lowest BCUT2D eigenvalue weighted by atomic mass is 10.1.